The van der Waals surface area contributed by atoms with E-state index in [-0.39, 0.29) is 16.1 Å². The van der Waals surface area contributed by atoms with Crippen LogP contribution in [0.15, 0.2) is 16.7 Å². The average Bonchev–Trinajstić information content (AvgIpc) is 2.67. The van der Waals surface area contributed by atoms with E-state index in [1.807, 2.05) is 0 Å². The summed E-state index contributed by atoms with van der Waals surface area (Å²) in [6.45, 7) is 1.49. The van der Waals surface area contributed by atoms with Crippen molar-refractivity contribution >= 4 is 33.4 Å². The van der Waals surface area contributed by atoms with Crippen LogP contribution in [-0.4, -0.2) is 26.5 Å². The molecule has 20 heavy (non-hydrogen) atoms. The number of carbonyl (C=O) groups is 1. The van der Waals surface area contributed by atoms with Crippen molar-refractivity contribution in [2.75, 3.05) is 5.32 Å². The summed E-state index contributed by atoms with van der Waals surface area (Å²) in [4.78, 5) is 14.8. The van der Waals surface area contributed by atoms with E-state index in [0.717, 1.165) is 16.8 Å². The number of nitrogens with zero attached hydrogens (tertiary/aromatic N) is 3. The molecule has 6 nitrogen and oxygen atoms in total. The normalized spacial score (nSPS) is 13.4. The Hall–Kier alpha value is -1.84. The highest BCUT2D eigenvalue weighted by molar-refractivity contribution is 9.10. The highest BCUT2D eigenvalue weighted by Gasteiger charge is 2.33. The molecule has 0 fully saturated rings. The molecule has 2 aromatic heterocycles. The van der Waals surface area contributed by atoms with Crippen molar-refractivity contribution in [2.45, 2.75) is 19.1 Å². The van der Waals surface area contributed by atoms with Gasteiger partial charge in [-0.1, -0.05) is 0 Å². The van der Waals surface area contributed by atoms with Crippen molar-refractivity contribution in [2.24, 2.45) is 5.73 Å². The highest BCUT2D eigenvalue weighted by Crippen LogP contribution is 2.35. The van der Waals surface area contributed by atoms with Gasteiger partial charge in [0, 0.05) is 10.7 Å². The molecule has 0 radical (unpaired) electrons. The second-order valence-corrected chi connectivity index (χ2v) is 4.89. The van der Waals surface area contributed by atoms with Crippen LogP contribution in [-0.2, 0) is 11.0 Å². The van der Waals surface area contributed by atoms with E-state index in [1.54, 1.807) is 0 Å². The van der Waals surface area contributed by atoms with Crippen molar-refractivity contribution in [3.05, 3.63) is 22.3 Å². The molecule has 10 heteroatoms. The monoisotopic (exact) mass is 351 g/mol. The molecular formula is C10H9BrF3N5O. The van der Waals surface area contributed by atoms with Crippen LogP contribution >= 0.6 is 15.9 Å². The third kappa shape index (κ3) is 2.84. The van der Waals surface area contributed by atoms with E-state index in [0.29, 0.717) is 0 Å². The van der Waals surface area contributed by atoms with Gasteiger partial charge in [0.1, 0.15) is 6.04 Å². The molecule has 0 bridgehead atoms. The molecule has 108 valence electrons. The molecule has 0 spiro atoms. The van der Waals surface area contributed by atoms with Gasteiger partial charge >= 0.3 is 6.18 Å². The number of nitrogens with one attached hydrogen (secondary N) is 1. The van der Waals surface area contributed by atoms with Crippen LogP contribution in [0.25, 0.3) is 5.65 Å². The van der Waals surface area contributed by atoms with Gasteiger partial charge < -0.3 is 11.1 Å². The molecule has 1 atom stereocenters. The number of pyridine rings is 1. The standard InChI is InChI=1S/C10H9BrF3N5O/c1-4(8(15)20)16-9-17-7-2-5(10(12,13)14)6(11)3-19(7)18-9/h2-4H,1H3,(H2,15,20)(H,16,18). The maximum absolute atomic E-state index is 12.7. The Morgan fingerprint density at radius 1 is 1.55 bits per heavy atom. The highest BCUT2D eigenvalue weighted by atomic mass is 79.9. The lowest BCUT2D eigenvalue weighted by molar-refractivity contribution is -0.138. The summed E-state index contributed by atoms with van der Waals surface area (Å²) in [6.07, 6.45) is -3.36. The van der Waals surface area contributed by atoms with Crippen LogP contribution < -0.4 is 11.1 Å². The summed E-state index contributed by atoms with van der Waals surface area (Å²) in [5.41, 5.74) is 4.21. The minimum absolute atomic E-state index is 0.000282. The molecule has 2 aromatic rings. The zero-order valence-corrected chi connectivity index (χ0v) is 11.7. The number of alkyl halides is 3. The third-order valence-electron chi connectivity index (χ3n) is 2.50. The molecule has 0 aliphatic carbocycles. The van der Waals surface area contributed by atoms with Crippen LogP contribution in [0.1, 0.15) is 12.5 Å². The fourth-order valence-electron chi connectivity index (χ4n) is 1.45. The topological polar surface area (TPSA) is 85.3 Å². The number of nitrogens with two attached hydrogens (primary N) is 1. The smallest absolute Gasteiger partial charge is 0.368 e. The van der Waals surface area contributed by atoms with E-state index in [1.165, 1.54) is 6.92 Å². The first kappa shape index (κ1) is 14.6. The van der Waals surface area contributed by atoms with Crippen molar-refractivity contribution < 1.29 is 18.0 Å². The number of fused-ring (bicyclic) bond motifs is 1. The van der Waals surface area contributed by atoms with Gasteiger partial charge in [-0.2, -0.15) is 18.2 Å². The van der Waals surface area contributed by atoms with Crippen LogP contribution in [0.3, 0.4) is 0 Å². The van der Waals surface area contributed by atoms with Crippen molar-refractivity contribution in [1.29, 1.82) is 0 Å². The molecule has 1 unspecified atom stereocenters. The minimum atomic E-state index is -4.50. The van der Waals surface area contributed by atoms with Crippen molar-refractivity contribution in [1.82, 2.24) is 14.6 Å². The van der Waals surface area contributed by atoms with Crippen LogP contribution in [0.4, 0.5) is 19.1 Å². The van der Waals surface area contributed by atoms with Crippen LogP contribution in [0.5, 0.6) is 0 Å². The molecular weight excluding hydrogens is 343 g/mol. The van der Waals surface area contributed by atoms with Gasteiger partial charge in [-0.3, -0.25) is 4.79 Å². The van der Waals surface area contributed by atoms with E-state index in [4.69, 9.17) is 5.73 Å². The Morgan fingerprint density at radius 3 is 2.75 bits per heavy atom. The minimum Gasteiger partial charge on any atom is -0.368 e. The van der Waals surface area contributed by atoms with Gasteiger partial charge in [-0.15, -0.1) is 5.10 Å². The van der Waals surface area contributed by atoms with E-state index in [2.05, 4.69) is 31.3 Å². The molecule has 0 aromatic carbocycles. The fourth-order valence-corrected chi connectivity index (χ4v) is 1.98. The Morgan fingerprint density at radius 2 is 2.20 bits per heavy atom. The molecule has 3 N–H and O–H groups in total. The number of carbonyl (C=O) groups excluding carboxylic acids is 1. The number of amides is 1. The van der Waals surface area contributed by atoms with Gasteiger partial charge in [-0.25, -0.2) is 4.52 Å². The molecule has 0 saturated heterocycles. The lowest BCUT2D eigenvalue weighted by Crippen LogP contribution is -2.32. The average molecular weight is 352 g/mol. The molecule has 0 aliphatic heterocycles. The summed E-state index contributed by atoms with van der Waals surface area (Å²) in [6, 6.07) is 0.120. The fraction of sp³-hybridized carbons (Fsp3) is 0.300. The van der Waals surface area contributed by atoms with Gasteiger partial charge in [0.25, 0.3) is 0 Å². The van der Waals surface area contributed by atoms with Crippen LogP contribution in [0.2, 0.25) is 0 Å². The Kier molecular flexibility index (Phi) is 3.59. The van der Waals surface area contributed by atoms with E-state index < -0.39 is 23.7 Å². The third-order valence-corrected chi connectivity index (χ3v) is 3.13. The van der Waals surface area contributed by atoms with Gasteiger partial charge in [0.15, 0.2) is 5.65 Å². The zero-order valence-electron chi connectivity index (χ0n) is 10.1. The van der Waals surface area contributed by atoms with Gasteiger partial charge in [-0.05, 0) is 28.9 Å². The number of aromatic nitrogens is 3. The zero-order chi connectivity index (χ0) is 15.1. The summed E-state index contributed by atoms with van der Waals surface area (Å²) in [7, 11) is 0. The largest absolute Gasteiger partial charge is 0.417 e. The van der Waals surface area contributed by atoms with Crippen molar-refractivity contribution in [3.63, 3.8) is 0 Å². The summed E-state index contributed by atoms with van der Waals surface area (Å²) >= 11 is 2.83. The predicted octanol–water partition coefficient (Wildman–Crippen LogP) is 1.80. The number of rotatable bonds is 3. The number of hydrogen-bond acceptors (Lipinski definition) is 4. The van der Waals surface area contributed by atoms with Crippen LogP contribution in [0, 0.1) is 0 Å². The number of halogens is 4. The molecule has 2 heterocycles. The second-order valence-electron chi connectivity index (χ2n) is 4.04. The van der Waals surface area contributed by atoms with Gasteiger partial charge in [0.05, 0.1) is 5.56 Å². The number of anilines is 1. The first-order valence-electron chi connectivity index (χ1n) is 5.37. The molecule has 0 aliphatic rings. The van der Waals surface area contributed by atoms with E-state index >= 15 is 0 Å². The lowest BCUT2D eigenvalue weighted by Gasteiger charge is -2.08. The van der Waals surface area contributed by atoms with Crippen molar-refractivity contribution in [3.8, 4) is 0 Å². The number of primary amides is 1. The number of hydrogen-bond donors (Lipinski definition) is 2. The Labute approximate surface area is 119 Å². The Balaban J connectivity index is 2.42. The SMILES string of the molecule is CC(Nc1nc2cc(C(F)(F)F)c(Br)cn2n1)C(N)=O. The Bertz CT molecular complexity index is 669. The molecule has 2 rings (SSSR count). The maximum Gasteiger partial charge on any atom is 0.417 e. The summed E-state index contributed by atoms with van der Waals surface area (Å²) in [5, 5.41) is 6.50. The summed E-state index contributed by atoms with van der Waals surface area (Å²) < 4.78 is 39.2. The first-order chi connectivity index (χ1) is 9.18. The lowest BCUT2D eigenvalue weighted by atomic mass is 10.2. The maximum atomic E-state index is 12.7. The molecule has 1 amide bonds. The quantitative estimate of drug-likeness (QED) is 0.882. The second kappa shape index (κ2) is 4.93. The first-order valence-corrected chi connectivity index (χ1v) is 6.17. The molecule has 0 saturated carbocycles. The van der Waals surface area contributed by atoms with E-state index in [9.17, 15) is 18.0 Å². The summed E-state index contributed by atoms with van der Waals surface area (Å²) in [5.74, 6) is -0.608. The van der Waals surface area contributed by atoms with Gasteiger partial charge in [0.2, 0.25) is 11.9 Å². The predicted molar refractivity (Wildman–Crippen MR) is 68.0 cm³/mol.